The first kappa shape index (κ1) is 17.5. The standard InChI is InChI=1S/C24H15ClN2O2/c25-19-9-7-16(8-10-19)23(28)26-20-11-12-22-21(14-20)27-24(29-22)18-6-5-15-3-1-2-4-17(15)13-18/h1-14H,(H,26,28). The number of nitrogens with zero attached hydrogens (tertiary/aromatic N) is 1. The molecule has 0 fully saturated rings. The third-order valence-corrected chi connectivity index (χ3v) is 5.00. The van der Waals surface area contributed by atoms with Crippen LogP contribution in [0, 0.1) is 0 Å². The molecule has 0 saturated heterocycles. The van der Waals surface area contributed by atoms with Crippen LogP contribution in [0.25, 0.3) is 33.3 Å². The summed E-state index contributed by atoms with van der Waals surface area (Å²) in [6, 6.07) is 26.4. The van der Waals surface area contributed by atoms with Crippen molar-refractivity contribution in [3.05, 3.63) is 95.5 Å². The Balaban J connectivity index is 1.44. The molecule has 0 atom stereocenters. The Bertz CT molecular complexity index is 1360. The molecule has 5 aromatic rings. The summed E-state index contributed by atoms with van der Waals surface area (Å²) in [6.07, 6.45) is 0. The molecule has 29 heavy (non-hydrogen) atoms. The van der Waals surface area contributed by atoms with Gasteiger partial charge >= 0.3 is 0 Å². The Kier molecular flexibility index (Phi) is 4.26. The van der Waals surface area contributed by atoms with E-state index in [1.54, 1.807) is 36.4 Å². The largest absolute Gasteiger partial charge is 0.436 e. The number of amides is 1. The second kappa shape index (κ2) is 7.08. The molecule has 0 aliphatic rings. The maximum atomic E-state index is 12.4. The molecule has 0 bridgehead atoms. The van der Waals surface area contributed by atoms with E-state index in [0.29, 0.717) is 33.3 Å². The van der Waals surface area contributed by atoms with Crippen LogP contribution in [0.4, 0.5) is 5.69 Å². The van der Waals surface area contributed by atoms with Crippen molar-refractivity contribution >= 4 is 45.1 Å². The van der Waals surface area contributed by atoms with Gasteiger partial charge in [-0.05, 0) is 65.4 Å². The molecule has 140 valence electrons. The molecule has 4 nitrogen and oxygen atoms in total. The molecule has 0 aliphatic carbocycles. The second-order valence-corrected chi connectivity index (χ2v) is 7.16. The van der Waals surface area contributed by atoms with Crippen LogP contribution in [0.3, 0.4) is 0 Å². The van der Waals surface area contributed by atoms with E-state index in [9.17, 15) is 4.79 Å². The molecule has 5 heteroatoms. The molecular weight excluding hydrogens is 384 g/mol. The lowest BCUT2D eigenvalue weighted by molar-refractivity contribution is 0.102. The second-order valence-electron chi connectivity index (χ2n) is 6.72. The molecule has 1 N–H and O–H groups in total. The van der Waals surface area contributed by atoms with Crippen molar-refractivity contribution < 1.29 is 9.21 Å². The van der Waals surface area contributed by atoms with Crippen molar-refractivity contribution in [2.24, 2.45) is 0 Å². The Morgan fingerprint density at radius 3 is 2.48 bits per heavy atom. The molecule has 1 heterocycles. The summed E-state index contributed by atoms with van der Waals surface area (Å²) < 4.78 is 5.92. The van der Waals surface area contributed by atoms with Gasteiger partial charge in [-0.25, -0.2) is 4.98 Å². The van der Waals surface area contributed by atoms with E-state index >= 15 is 0 Å². The summed E-state index contributed by atoms with van der Waals surface area (Å²) in [4.78, 5) is 17.0. The van der Waals surface area contributed by atoms with Crippen molar-refractivity contribution in [3.63, 3.8) is 0 Å². The van der Waals surface area contributed by atoms with Gasteiger partial charge in [-0.2, -0.15) is 0 Å². The summed E-state index contributed by atoms with van der Waals surface area (Å²) in [6.45, 7) is 0. The Hall–Kier alpha value is -3.63. The number of carbonyl (C=O) groups is 1. The van der Waals surface area contributed by atoms with E-state index in [1.807, 2.05) is 24.3 Å². The van der Waals surface area contributed by atoms with Crippen LogP contribution in [0.2, 0.25) is 5.02 Å². The van der Waals surface area contributed by atoms with Crippen LogP contribution in [-0.4, -0.2) is 10.9 Å². The van der Waals surface area contributed by atoms with Gasteiger partial charge in [0.25, 0.3) is 5.91 Å². The number of anilines is 1. The average Bonchev–Trinajstić information content (AvgIpc) is 3.17. The predicted molar refractivity (Wildman–Crippen MR) is 116 cm³/mol. The predicted octanol–water partition coefficient (Wildman–Crippen LogP) is 6.55. The van der Waals surface area contributed by atoms with Crippen molar-refractivity contribution in [2.75, 3.05) is 5.32 Å². The number of carbonyl (C=O) groups excluding carboxylic acids is 1. The number of benzene rings is 4. The van der Waals surface area contributed by atoms with E-state index in [4.69, 9.17) is 16.0 Å². The van der Waals surface area contributed by atoms with E-state index < -0.39 is 0 Å². The highest BCUT2D eigenvalue weighted by Crippen LogP contribution is 2.28. The van der Waals surface area contributed by atoms with Gasteiger partial charge in [-0.15, -0.1) is 0 Å². The van der Waals surface area contributed by atoms with Crippen LogP contribution in [-0.2, 0) is 0 Å². The number of halogens is 1. The van der Waals surface area contributed by atoms with Crippen LogP contribution in [0.1, 0.15) is 10.4 Å². The minimum Gasteiger partial charge on any atom is -0.436 e. The van der Waals surface area contributed by atoms with Crippen LogP contribution >= 0.6 is 11.6 Å². The fourth-order valence-corrected chi connectivity index (χ4v) is 3.38. The van der Waals surface area contributed by atoms with Gasteiger partial charge in [0, 0.05) is 21.8 Å². The smallest absolute Gasteiger partial charge is 0.255 e. The summed E-state index contributed by atoms with van der Waals surface area (Å²) in [5, 5.41) is 5.76. The Morgan fingerprint density at radius 1 is 0.862 bits per heavy atom. The summed E-state index contributed by atoms with van der Waals surface area (Å²) in [5.74, 6) is 0.339. The lowest BCUT2D eigenvalue weighted by Gasteiger charge is -2.05. The summed E-state index contributed by atoms with van der Waals surface area (Å²) in [5.41, 5.74) is 3.44. The van der Waals surface area contributed by atoms with Crippen LogP contribution in [0.15, 0.2) is 89.3 Å². The van der Waals surface area contributed by atoms with E-state index in [2.05, 4.69) is 34.6 Å². The third kappa shape index (κ3) is 3.46. The summed E-state index contributed by atoms with van der Waals surface area (Å²) in [7, 11) is 0. The SMILES string of the molecule is O=C(Nc1ccc2oc(-c3ccc4ccccc4c3)nc2c1)c1ccc(Cl)cc1. The van der Waals surface area contributed by atoms with Gasteiger partial charge in [-0.3, -0.25) is 4.79 Å². The van der Waals surface area contributed by atoms with Crippen molar-refractivity contribution in [1.82, 2.24) is 4.98 Å². The van der Waals surface area contributed by atoms with Gasteiger partial charge in [0.1, 0.15) is 5.52 Å². The number of hydrogen-bond acceptors (Lipinski definition) is 3. The van der Waals surface area contributed by atoms with Crippen molar-refractivity contribution in [3.8, 4) is 11.5 Å². The first-order valence-corrected chi connectivity index (χ1v) is 9.50. The monoisotopic (exact) mass is 398 g/mol. The molecule has 1 aromatic heterocycles. The lowest BCUT2D eigenvalue weighted by atomic mass is 10.1. The zero-order chi connectivity index (χ0) is 19.8. The molecule has 0 radical (unpaired) electrons. The van der Waals surface area contributed by atoms with Crippen LogP contribution in [0.5, 0.6) is 0 Å². The summed E-state index contributed by atoms with van der Waals surface area (Å²) >= 11 is 5.88. The quantitative estimate of drug-likeness (QED) is 0.374. The van der Waals surface area contributed by atoms with Gasteiger partial charge in [-0.1, -0.05) is 41.9 Å². The highest BCUT2D eigenvalue weighted by atomic mass is 35.5. The number of hydrogen-bond donors (Lipinski definition) is 1. The Morgan fingerprint density at radius 2 is 1.66 bits per heavy atom. The number of aromatic nitrogens is 1. The highest BCUT2D eigenvalue weighted by molar-refractivity contribution is 6.30. The third-order valence-electron chi connectivity index (χ3n) is 4.75. The van der Waals surface area contributed by atoms with E-state index in [-0.39, 0.29) is 5.91 Å². The molecule has 0 spiro atoms. The number of oxazole rings is 1. The average molecular weight is 399 g/mol. The number of rotatable bonds is 3. The zero-order valence-corrected chi connectivity index (χ0v) is 16.0. The van der Waals surface area contributed by atoms with Gasteiger partial charge < -0.3 is 9.73 Å². The minimum absolute atomic E-state index is 0.209. The van der Waals surface area contributed by atoms with Gasteiger partial charge in [0.05, 0.1) is 0 Å². The first-order valence-electron chi connectivity index (χ1n) is 9.12. The molecule has 0 unspecified atom stereocenters. The maximum absolute atomic E-state index is 12.4. The normalized spacial score (nSPS) is 11.1. The van der Waals surface area contributed by atoms with Gasteiger partial charge in [0.15, 0.2) is 5.58 Å². The number of fused-ring (bicyclic) bond motifs is 2. The maximum Gasteiger partial charge on any atom is 0.255 e. The fourth-order valence-electron chi connectivity index (χ4n) is 3.26. The van der Waals surface area contributed by atoms with Crippen LogP contribution < -0.4 is 5.32 Å². The highest BCUT2D eigenvalue weighted by Gasteiger charge is 2.11. The van der Waals surface area contributed by atoms with Gasteiger partial charge in [0.2, 0.25) is 5.89 Å². The van der Waals surface area contributed by atoms with E-state index in [1.165, 1.54) is 5.39 Å². The minimum atomic E-state index is -0.209. The first-order chi connectivity index (χ1) is 14.2. The molecule has 0 saturated carbocycles. The zero-order valence-electron chi connectivity index (χ0n) is 15.2. The van der Waals surface area contributed by atoms with Crippen molar-refractivity contribution in [2.45, 2.75) is 0 Å². The fraction of sp³-hybridized carbons (Fsp3) is 0. The van der Waals surface area contributed by atoms with E-state index in [0.717, 1.165) is 10.9 Å². The molecule has 5 rings (SSSR count). The lowest BCUT2D eigenvalue weighted by Crippen LogP contribution is -2.11. The topological polar surface area (TPSA) is 55.1 Å². The Labute approximate surface area is 171 Å². The molecule has 1 amide bonds. The molecular formula is C24H15ClN2O2. The van der Waals surface area contributed by atoms with Crippen molar-refractivity contribution in [1.29, 1.82) is 0 Å². The molecule has 0 aliphatic heterocycles. The molecule has 4 aromatic carbocycles. The number of nitrogens with one attached hydrogen (secondary N) is 1.